The maximum Gasteiger partial charge on any atom is 0.236 e. The number of likely N-dealkylation sites (N-methyl/N-ethyl adjacent to an activating group) is 1. The van der Waals surface area contributed by atoms with Crippen molar-refractivity contribution in [1.82, 2.24) is 15.1 Å². The number of carbonyl (C=O) groups excluding carboxylic acids is 1. The van der Waals surface area contributed by atoms with Gasteiger partial charge in [0.15, 0.2) is 0 Å². The van der Waals surface area contributed by atoms with E-state index in [1.165, 1.54) is 25.7 Å². The molecule has 4 heteroatoms. The first-order valence-corrected chi connectivity index (χ1v) is 8.38. The Balaban J connectivity index is 1.83. The second kappa shape index (κ2) is 7.41. The number of nitrogens with zero attached hydrogens (tertiary/aromatic N) is 2. The van der Waals surface area contributed by atoms with Crippen LogP contribution >= 0.6 is 0 Å². The molecule has 4 nitrogen and oxygen atoms in total. The van der Waals surface area contributed by atoms with E-state index in [2.05, 4.69) is 31.1 Å². The van der Waals surface area contributed by atoms with Gasteiger partial charge in [0.2, 0.25) is 5.91 Å². The normalized spacial score (nSPS) is 28.9. The van der Waals surface area contributed by atoms with Crippen LogP contribution in [0.4, 0.5) is 0 Å². The number of hydrogen-bond donors (Lipinski definition) is 1. The Bertz CT molecular complexity index is 303. The third-order valence-electron chi connectivity index (χ3n) is 4.80. The zero-order valence-electron chi connectivity index (χ0n) is 13.4. The summed E-state index contributed by atoms with van der Waals surface area (Å²) in [5.74, 6) is 0.307. The number of rotatable bonds is 7. The second-order valence-electron chi connectivity index (χ2n) is 6.56. The molecule has 20 heavy (non-hydrogen) atoms. The minimum absolute atomic E-state index is 0.307. The van der Waals surface area contributed by atoms with Crippen LogP contribution in [0.25, 0.3) is 0 Å². The molecule has 2 bridgehead atoms. The van der Waals surface area contributed by atoms with Gasteiger partial charge in [0.05, 0.1) is 6.54 Å². The Morgan fingerprint density at radius 3 is 2.15 bits per heavy atom. The van der Waals surface area contributed by atoms with Crippen LogP contribution in [0.3, 0.4) is 0 Å². The molecule has 2 unspecified atom stereocenters. The molecule has 1 N–H and O–H groups in total. The summed E-state index contributed by atoms with van der Waals surface area (Å²) >= 11 is 0. The van der Waals surface area contributed by atoms with Gasteiger partial charge in [-0.1, -0.05) is 13.8 Å². The molecule has 2 heterocycles. The molecule has 0 aromatic rings. The molecule has 0 aromatic heterocycles. The van der Waals surface area contributed by atoms with Gasteiger partial charge < -0.3 is 10.2 Å². The van der Waals surface area contributed by atoms with Crippen molar-refractivity contribution in [1.29, 1.82) is 0 Å². The third-order valence-corrected chi connectivity index (χ3v) is 4.80. The van der Waals surface area contributed by atoms with E-state index >= 15 is 0 Å². The topological polar surface area (TPSA) is 35.6 Å². The van der Waals surface area contributed by atoms with Crippen LogP contribution in [-0.2, 0) is 4.79 Å². The monoisotopic (exact) mass is 281 g/mol. The van der Waals surface area contributed by atoms with Crippen LogP contribution < -0.4 is 5.32 Å². The fourth-order valence-electron chi connectivity index (χ4n) is 3.73. The molecule has 0 radical (unpaired) electrons. The fraction of sp³-hybridized carbons (Fsp3) is 0.938. The summed E-state index contributed by atoms with van der Waals surface area (Å²) in [7, 11) is 2.13. The number of piperidine rings is 1. The summed E-state index contributed by atoms with van der Waals surface area (Å²) in [6, 6.07) is 1.97. The summed E-state index contributed by atoms with van der Waals surface area (Å²) in [6.07, 6.45) is 7.16. The van der Waals surface area contributed by atoms with Crippen LogP contribution in [0, 0.1) is 0 Å². The molecule has 2 atom stereocenters. The van der Waals surface area contributed by atoms with Crippen molar-refractivity contribution < 1.29 is 4.79 Å². The first kappa shape index (κ1) is 15.8. The molecule has 2 rings (SSSR count). The Morgan fingerprint density at radius 2 is 1.65 bits per heavy atom. The molecule has 2 aliphatic rings. The predicted molar refractivity (Wildman–Crippen MR) is 82.8 cm³/mol. The zero-order chi connectivity index (χ0) is 14.5. The van der Waals surface area contributed by atoms with Gasteiger partial charge in [0, 0.05) is 31.2 Å². The zero-order valence-corrected chi connectivity index (χ0v) is 13.4. The van der Waals surface area contributed by atoms with Crippen LogP contribution in [0.1, 0.15) is 52.4 Å². The van der Waals surface area contributed by atoms with Crippen molar-refractivity contribution in [2.45, 2.75) is 70.5 Å². The van der Waals surface area contributed by atoms with Gasteiger partial charge in [-0.3, -0.25) is 9.69 Å². The van der Waals surface area contributed by atoms with E-state index in [4.69, 9.17) is 0 Å². The molecule has 116 valence electrons. The molecular weight excluding hydrogens is 250 g/mol. The van der Waals surface area contributed by atoms with E-state index in [0.717, 1.165) is 25.9 Å². The number of hydrogen-bond acceptors (Lipinski definition) is 3. The van der Waals surface area contributed by atoms with E-state index in [1.54, 1.807) is 0 Å². The van der Waals surface area contributed by atoms with Gasteiger partial charge in [0.25, 0.3) is 0 Å². The van der Waals surface area contributed by atoms with Gasteiger partial charge >= 0.3 is 0 Å². The summed E-state index contributed by atoms with van der Waals surface area (Å²) in [5, 5.41) is 3.67. The molecule has 2 aliphatic heterocycles. The first-order valence-electron chi connectivity index (χ1n) is 8.38. The van der Waals surface area contributed by atoms with E-state index in [-0.39, 0.29) is 0 Å². The fourth-order valence-corrected chi connectivity index (χ4v) is 3.73. The maximum atomic E-state index is 12.4. The molecule has 2 fully saturated rings. The van der Waals surface area contributed by atoms with Crippen molar-refractivity contribution >= 4 is 5.91 Å². The average molecular weight is 281 g/mol. The summed E-state index contributed by atoms with van der Waals surface area (Å²) < 4.78 is 0. The largest absolute Gasteiger partial charge is 0.342 e. The average Bonchev–Trinajstić information content (AvgIpc) is 2.77. The Labute approximate surface area is 123 Å². The third kappa shape index (κ3) is 3.95. The van der Waals surface area contributed by atoms with E-state index in [0.29, 0.717) is 30.6 Å². The van der Waals surface area contributed by atoms with Crippen LogP contribution in [-0.4, -0.2) is 60.5 Å². The molecule has 0 aliphatic carbocycles. The number of nitrogens with one attached hydrogen (secondary N) is 1. The standard InChI is InChI=1S/C16H31N3O/c1-4-8-19(9-5-2)16(20)12-18(3)15-10-13-6-7-14(11-15)17-13/h13-15,17H,4-12H2,1-3H3. The lowest BCUT2D eigenvalue weighted by Crippen LogP contribution is -2.50. The lowest BCUT2D eigenvalue weighted by atomic mass is 9.98. The highest BCUT2D eigenvalue weighted by Gasteiger charge is 2.35. The summed E-state index contributed by atoms with van der Waals surface area (Å²) in [6.45, 7) is 6.67. The Morgan fingerprint density at radius 1 is 1.10 bits per heavy atom. The first-order chi connectivity index (χ1) is 9.63. The Kier molecular flexibility index (Phi) is 5.85. The van der Waals surface area contributed by atoms with Crippen LogP contribution in [0.15, 0.2) is 0 Å². The van der Waals surface area contributed by atoms with Gasteiger partial charge in [-0.2, -0.15) is 0 Å². The number of amides is 1. The maximum absolute atomic E-state index is 12.4. The van der Waals surface area contributed by atoms with Crippen molar-refractivity contribution in [2.24, 2.45) is 0 Å². The molecule has 0 aromatic carbocycles. The quantitative estimate of drug-likeness (QED) is 0.773. The van der Waals surface area contributed by atoms with Gasteiger partial charge in [-0.25, -0.2) is 0 Å². The minimum Gasteiger partial charge on any atom is -0.342 e. The summed E-state index contributed by atoms with van der Waals surface area (Å²) in [5.41, 5.74) is 0. The lowest BCUT2D eigenvalue weighted by molar-refractivity contribution is -0.132. The lowest BCUT2D eigenvalue weighted by Gasteiger charge is -2.36. The molecular formula is C16H31N3O. The van der Waals surface area contributed by atoms with Crippen LogP contribution in [0.5, 0.6) is 0 Å². The number of carbonyl (C=O) groups is 1. The van der Waals surface area contributed by atoms with Crippen molar-refractivity contribution in [2.75, 3.05) is 26.7 Å². The molecule has 0 spiro atoms. The highest BCUT2D eigenvalue weighted by Crippen LogP contribution is 2.29. The smallest absolute Gasteiger partial charge is 0.236 e. The van der Waals surface area contributed by atoms with E-state index in [9.17, 15) is 4.79 Å². The molecule has 2 saturated heterocycles. The van der Waals surface area contributed by atoms with Crippen molar-refractivity contribution in [3.05, 3.63) is 0 Å². The summed E-state index contributed by atoms with van der Waals surface area (Å²) in [4.78, 5) is 16.8. The van der Waals surface area contributed by atoms with Crippen molar-refractivity contribution in [3.63, 3.8) is 0 Å². The molecule has 1 amide bonds. The number of fused-ring (bicyclic) bond motifs is 2. The van der Waals surface area contributed by atoms with Gasteiger partial charge in [0.1, 0.15) is 0 Å². The highest BCUT2D eigenvalue weighted by molar-refractivity contribution is 5.78. The second-order valence-corrected chi connectivity index (χ2v) is 6.56. The van der Waals surface area contributed by atoms with Crippen molar-refractivity contribution in [3.8, 4) is 0 Å². The highest BCUT2D eigenvalue weighted by atomic mass is 16.2. The predicted octanol–water partition coefficient (Wildman–Crippen LogP) is 1.85. The van der Waals surface area contributed by atoms with Gasteiger partial charge in [-0.15, -0.1) is 0 Å². The SMILES string of the molecule is CCCN(CCC)C(=O)CN(C)C1CC2CCC(C1)N2. The van der Waals surface area contributed by atoms with E-state index in [1.807, 2.05) is 4.90 Å². The van der Waals surface area contributed by atoms with Gasteiger partial charge in [-0.05, 0) is 45.6 Å². The van der Waals surface area contributed by atoms with Crippen LogP contribution in [0.2, 0.25) is 0 Å². The minimum atomic E-state index is 0.307. The molecule has 0 saturated carbocycles. The Hall–Kier alpha value is -0.610. The van der Waals surface area contributed by atoms with E-state index < -0.39 is 0 Å².